The first-order valence-corrected chi connectivity index (χ1v) is 6.77. The van der Waals surface area contributed by atoms with Crippen LogP contribution in [0.2, 0.25) is 0 Å². The van der Waals surface area contributed by atoms with E-state index in [-0.39, 0.29) is 0 Å². The van der Waals surface area contributed by atoms with Crippen LogP contribution in [-0.2, 0) is 9.47 Å². The van der Waals surface area contributed by atoms with Crippen LogP contribution in [0.5, 0.6) is 0 Å². The molecular formula is C13H28N2O3. The second-order valence-electron chi connectivity index (χ2n) is 5.22. The number of nitrogens with zero attached hydrogens (tertiary/aromatic N) is 2. The summed E-state index contributed by atoms with van der Waals surface area (Å²) in [5.41, 5.74) is 0. The molecule has 1 heterocycles. The number of ether oxygens (including phenoxy) is 2. The number of hydrogen-bond donors (Lipinski definition) is 1. The van der Waals surface area contributed by atoms with Gasteiger partial charge < -0.3 is 19.5 Å². The molecule has 1 aliphatic rings. The van der Waals surface area contributed by atoms with E-state index < -0.39 is 6.10 Å². The van der Waals surface area contributed by atoms with Crippen LogP contribution in [-0.4, -0.2) is 87.7 Å². The van der Waals surface area contributed by atoms with Crippen LogP contribution in [0.3, 0.4) is 0 Å². The Hall–Kier alpha value is -0.200. The molecule has 108 valence electrons. The van der Waals surface area contributed by atoms with Crippen molar-refractivity contribution < 1.29 is 14.6 Å². The van der Waals surface area contributed by atoms with Gasteiger partial charge in [-0.05, 0) is 33.5 Å². The molecule has 0 aromatic carbocycles. The van der Waals surface area contributed by atoms with Crippen LogP contribution < -0.4 is 0 Å². The van der Waals surface area contributed by atoms with Gasteiger partial charge in [0.15, 0.2) is 0 Å². The van der Waals surface area contributed by atoms with Crippen LogP contribution in [0.1, 0.15) is 12.8 Å². The second kappa shape index (κ2) is 8.82. The molecule has 1 N–H and O–H groups in total. The number of hydrogen-bond acceptors (Lipinski definition) is 5. The Morgan fingerprint density at radius 3 is 2.89 bits per heavy atom. The van der Waals surface area contributed by atoms with Gasteiger partial charge in [0, 0.05) is 26.2 Å². The van der Waals surface area contributed by atoms with Gasteiger partial charge in [0.2, 0.25) is 0 Å². The van der Waals surface area contributed by atoms with E-state index in [1.165, 1.54) is 19.4 Å². The zero-order valence-corrected chi connectivity index (χ0v) is 12.0. The number of aliphatic hydroxyl groups is 1. The van der Waals surface area contributed by atoms with Crippen molar-refractivity contribution in [3.8, 4) is 0 Å². The third-order valence-corrected chi connectivity index (χ3v) is 3.46. The summed E-state index contributed by atoms with van der Waals surface area (Å²) in [6, 6.07) is 0.553. The van der Waals surface area contributed by atoms with Gasteiger partial charge in [-0.25, -0.2) is 0 Å². The molecule has 1 aliphatic heterocycles. The first-order chi connectivity index (χ1) is 8.63. The van der Waals surface area contributed by atoms with Gasteiger partial charge in [-0.15, -0.1) is 0 Å². The molecule has 0 radical (unpaired) electrons. The number of likely N-dealkylation sites (tertiary alicyclic amines) is 1. The van der Waals surface area contributed by atoms with Gasteiger partial charge in [0.25, 0.3) is 0 Å². The van der Waals surface area contributed by atoms with Crippen LogP contribution in [0.25, 0.3) is 0 Å². The predicted octanol–water partition coefficient (Wildman–Crippen LogP) is 0.0363. The maximum Gasteiger partial charge on any atom is 0.0900 e. The van der Waals surface area contributed by atoms with Gasteiger partial charge in [0.05, 0.1) is 25.9 Å². The van der Waals surface area contributed by atoms with E-state index in [0.717, 1.165) is 6.54 Å². The highest BCUT2D eigenvalue weighted by Gasteiger charge is 2.22. The molecule has 18 heavy (non-hydrogen) atoms. The summed E-state index contributed by atoms with van der Waals surface area (Å²) in [6.07, 6.45) is 2.04. The van der Waals surface area contributed by atoms with Gasteiger partial charge in [-0.1, -0.05) is 0 Å². The molecule has 2 atom stereocenters. The molecule has 0 aromatic heterocycles. The van der Waals surface area contributed by atoms with Crippen molar-refractivity contribution in [1.82, 2.24) is 9.80 Å². The Morgan fingerprint density at radius 1 is 1.44 bits per heavy atom. The molecular weight excluding hydrogens is 232 g/mol. The lowest BCUT2D eigenvalue weighted by Crippen LogP contribution is -2.47. The van der Waals surface area contributed by atoms with E-state index in [0.29, 0.717) is 32.4 Å². The minimum Gasteiger partial charge on any atom is -0.389 e. The summed E-state index contributed by atoms with van der Waals surface area (Å²) in [7, 11) is 5.89. The van der Waals surface area contributed by atoms with Gasteiger partial charge in [0.1, 0.15) is 0 Å². The largest absolute Gasteiger partial charge is 0.389 e. The van der Waals surface area contributed by atoms with E-state index in [1.54, 1.807) is 7.11 Å². The maximum atomic E-state index is 9.89. The average Bonchev–Trinajstić information content (AvgIpc) is 2.34. The zero-order chi connectivity index (χ0) is 13.4. The molecule has 5 heteroatoms. The van der Waals surface area contributed by atoms with E-state index in [2.05, 4.69) is 23.9 Å². The number of likely N-dealkylation sites (N-methyl/N-ethyl adjacent to an activating group) is 2. The normalized spacial score (nSPS) is 23.5. The fourth-order valence-electron chi connectivity index (χ4n) is 2.39. The zero-order valence-electron chi connectivity index (χ0n) is 12.0. The molecule has 0 spiro atoms. The number of aliphatic hydroxyl groups excluding tert-OH is 1. The van der Waals surface area contributed by atoms with Crippen LogP contribution in [0, 0.1) is 0 Å². The quantitative estimate of drug-likeness (QED) is 0.624. The third kappa shape index (κ3) is 6.11. The Morgan fingerprint density at radius 2 is 2.22 bits per heavy atom. The number of piperidine rings is 1. The monoisotopic (exact) mass is 260 g/mol. The average molecular weight is 260 g/mol. The van der Waals surface area contributed by atoms with Crippen molar-refractivity contribution in [3.63, 3.8) is 0 Å². The van der Waals surface area contributed by atoms with E-state index in [9.17, 15) is 5.11 Å². The standard InChI is InChI=1S/C13H28N2O3/c1-14-6-4-5-12(9-14)15(2)10-13(16)11-18-8-7-17-3/h12-13,16H,4-11H2,1-3H3. The van der Waals surface area contributed by atoms with Gasteiger partial charge in [-0.2, -0.15) is 0 Å². The fraction of sp³-hybridized carbons (Fsp3) is 1.00. The van der Waals surface area contributed by atoms with Crippen molar-refractivity contribution in [1.29, 1.82) is 0 Å². The molecule has 0 amide bonds. The predicted molar refractivity (Wildman–Crippen MR) is 71.9 cm³/mol. The minimum atomic E-state index is -0.418. The van der Waals surface area contributed by atoms with Crippen molar-refractivity contribution in [2.24, 2.45) is 0 Å². The van der Waals surface area contributed by atoms with Crippen LogP contribution in [0.15, 0.2) is 0 Å². The van der Waals surface area contributed by atoms with E-state index in [1.807, 2.05) is 0 Å². The Labute approximate surface area is 111 Å². The van der Waals surface area contributed by atoms with E-state index >= 15 is 0 Å². The molecule has 1 fully saturated rings. The van der Waals surface area contributed by atoms with E-state index in [4.69, 9.17) is 9.47 Å². The number of methoxy groups -OCH3 is 1. The third-order valence-electron chi connectivity index (χ3n) is 3.46. The fourth-order valence-corrected chi connectivity index (χ4v) is 2.39. The summed E-state index contributed by atoms with van der Waals surface area (Å²) in [4.78, 5) is 4.60. The summed E-state index contributed by atoms with van der Waals surface area (Å²) in [5.74, 6) is 0. The lowest BCUT2D eigenvalue weighted by molar-refractivity contribution is -0.00655. The van der Waals surface area contributed by atoms with Crippen molar-refractivity contribution in [2.45, 2.75) is 25.0 Å². The second-order valence-corrected chi connectivity index (χ2v) is 5.22. The highest BCUT2D eigenvalue weighted by atomic mass is 16.5. The summed E-state index contributed by atoms with van der Waals surface area (Å²) < 4.78 is 10.2. The molecule has 0 aliphatic carbocycles. The van der Waals surface area contributed by atoms with Crippen molar-refractivity contribution in [3.05, 3.63) is 0 Å². The Kier molecular flexibility index (Phi) is 7.77. The lowest BCUT2D eigenvalue weighted by atomic mass is 10.0. The number of rotatable bonds is 8. The first-order valence-electron chi connectivity index (χ1n) is 6.77. The molecule has 1 rings (SSSR count). The minimum absolute atomic E-state index is 0.385. The molecule has 0 saturated carbocycles. The highest BCUT2D eigenvalue weighted by molar-refractivity contribution is 4.78. The van der Waals surface area contributed by atoms with Crippen molar-refractivity contribution >= 4 is 0 Å². The maximum absolute atomic E-state index is 9.89. The first kappa shape index (κ1) is 15.9. The topological polar surface area (TPSA) is 45.2 Å². The lowest BCUT2D eigenvalue weighted by Gasteiger charge is -2.36. The summed E-state index contributed by atoms with van der Waals surface area (Å²) >= 11 is 0. The molecule has 2 unspecified atom stereocenters. The van der Waals surface area contributed by atoms with Crippen molar-refractivity contribution in [2.75, 3.05) is 60.7 Å². The summed E-state index contributed by atoms with van der Waals surface area (Å²) in [6.45, 7) is 4.46. The smallest absolute Gasteiger partial charge is 0.0900 e. The Bertz CT molecular complexity index is 216. The van der Waals surface area contributed by atoms with Gasteiger partial charge >= 0.3 is 0 Å². The molecule has 5 nitrogen and oxygen atoms in total. The van der Waals surface area contributed by atoms with Crippen LogP contribution in [0.4, 0.5) is 0 Å². The Balaban J connectivity index is 2.15. The van der Waals surface area contributed by atoms with Gasteiger partial charge in [-0.3, -0.25) is 4.90 Å². The summed E-state index contributed by atoms with van der Waals surface area (Å²) in [5, 5.41) is 9.89. The molecule has 1 saturated heterocycles. The molecule has 0 aromatic rings. The molecule has 0 bridgehead atoms. The SMILES string of the molecule is COCCOCC(O)CN(C)C1CCCN(C)C1. The highest BCUT2D eigenvalue weighted by Crippen LogP contribution is 2.13. The van der Waals surface area contributed by atoms with Crippen LogP contribution >= 0.6 is 0 Å².